The van der Waals surface area contributed by atoms with Crippen molar-refractivity contribution in [3.05, 3.63) is 92.7 Å². The van der Waals surface area contributed by atoms with Crippen molar-refractivity contribution in [1.82, 2.24) is 25.1 Å². The molecule has 1 aromatic carbocycles. The number of fused-ring (bicyclic) bond motifs is 1. The number of hydrogen-bond acceptors (Lipinski definition) is 4. The van der Waals surface area contributed by atoms with Gasteiger partial charge in [-0.1, -0.05) is 30.3 Å². The van der Waals surface area contributed by atoms with Crippen LogP contribution in [-0.4, -0.2) is 25.7 Å². The van der Waals surface area contributed by atoms with E-state index in [4.69, 9.17) is 0 Å². The van der Waals surface area contributed by atoms with Crippen LogP contribution in [0.3, 0.4) is 0 Å². The van der Waals surface area contributed by atoms with E-state index < -0.39 is 0 Å². The van der Waals surface area contributed by atoms with Crippen LogP contribution in [0.2, 0.25) is 0 Å². The summed E-state index contributed by atoms with van der Waals surface area (Å²) in [5.41, 5.74) is 5.14. The number of aromatic nitrogens is 4. The van der Waals surface area contributed by atoms with Gasteiger partial charge in [0.2, 0.25) is 0 Å². The number of carbonyl (C=O) groups excluding carboxylic acids is 1. The third-order valence-corrected chi connectivity index (χ3v) is 5.53. The van der Waals surface area contributed by atoms with E-state index in [2.05, 4.69) is 20.4 Å². The Hall–Kier alpha value is -3.74. The summed E-state index contributed by atoms with van der Waals surface area (Å²) >= 11 is 0. The zero-order valence-electron chi connectivity index (χ0n) is 18.8. The quantitative estimate of drug-likeness (QED) is 0.487. The van der Waals surface area contributed by atoms with E-state index in [9.17, 15) is 9.59 Å². The van der Waals surface area contributed by atoms with E-state index in [1.807, 2.05) is 68.8 Å². The number of H-pyrrole nitrogens is 1. The van der Waals surface area contributed by atoms with Crippen LogP contribution in [0.1, 0.15) is 58.3 Å². The number of nitrogens with zero attached hydrogens (tertiary/aromatic N) is 3. The molecule has 3 heterocycles. The number of pyridine rings is 2. The molecule has 0 spiro atoms. The van der Waals surface area contributed by atoms with Crippen LogP contribution in [0.4, 0.5) is 0 Å². The first-order valence-electron chi connectivity index (χ1n) is 10.7. The van der Waals surface area contributed by atoms with E-state index in [1.54, 1.807) is 12.3 Å². The van der Waals surface area contributed by atoms with Crippen molar-refractivity contribution < 1.29 is 4.79 Å². The van der Waals surface area contributed by atoms with Gasteiger partial charge < -0.3 is 10.3 Å². The Kier molecular flexibility index (Phi) is 5.90. The molecule has 0 saturated carbocycles. The first kappa shape index (κ1) is 21.5. The second-order valence-corrected chi connectivity index (χ2v) is 8.31. The molecule has 0 aliphatic heterocycles. The van der Waals surface area contributed by atoms with Crippen molar-refractivity contribution in [2.24, 2.45) is 0 Å². The van der Waals surface area contributed by atoms with Gasteiger partial charge in [0, 0.05) is 30.0 Å². The molecule has 0 radical (unpaired) electrons. The van der Waals surface area contributed by atoms with Gasteiger partial charge >= 0.3 is 0 Å². The van der Waals surface area contributed by atoms with Gasteiger partial charge in [0.05, 0.1) is 16.6 Å². The average molecular weight is 430 g/mol. The number of carbonyl (C=O) groups is 1. The van der Waals surface area contributed by atoms with Crippen LogP contribution >= 0.6 is 0 Å². The lowest BCUT2D eigenvalue weighted by atomic mass is 10.00. The minimum Gasteiger partial charge on any atom is -0.348 e. The highest BCUT2D eigenvalue weighted by atomic mass is 16.1. The molecular weight excluding hydrogens is 402 g/mol. The largest absolute Gasteiger partial charge is 0.348 e. The molecule has 4 aromatic rings. The highest BCUT2D eigenvalue weighted by Gasteiger charge is 2.19. The second kappa shape index (κ2) is 8.78. The Labute approximate surface area is 186 Å². The summed E-state index contributed by atoms with van der Waals surface area (Å²) in [4.78, 5) is 33.1. The molecule has 0 aliphatic rings. The van der Waals surface area contributed by atoms with Gasteiger partial charge in [0.25, 0.3) is 11.5 Å². The maximum absolute atomic E-state index is 13.1. The molecule has 0 unspecified atom stereocenters. The molecule has 7 heteroatoms. The number of rotatable bonds is 6. The Morgan fingerprint density at radius 2 is 1.91 bits per heavy atom. The minimum atomic E-state index is -0.255. The van der Waals surface area contributed by atoms with Crippen LogP contribution in [0, 0.1) is 13.8 Å². The lowest BCUT2D eigenvalue weighted by Gasteiger charge is -2.12. The first-order chi connectivity index (χ1) is 15.3. The Balaban J connectivity index is 1.63. The zero-order chi connectivity index (χ0) is 22.8. The van der Waals surface area contributed by atoms with Crippen LogP contribution in [-0.2, 0) is 13.0 Å². The van der Waals surface area contributed by atoms with Gasteiger partial charge in [-0.15, -0.1) is 0 Å². The van der Waals surface area contributed by atoms with Crippen molar-refractivity contribution in [3.63, 3.8) is 0 Å². The summed E-state index contributed by atoms with van der Waals surface area (Å²) < 4.78 is 1.82. The van der Waals surface area contributed by atoms with E-state index in [1.165, 1.54) is 0 Å². The van der Waals surface area contributed by atoms with Crippen molar-refractivity contribution in [3.8, 4) is 0 Å². The fraction of sp³-hybridized carbons (Fsp3) is 0.280. The van der Waals surface area contributed by atoms with Crippen molar-refractivity contribution in [1.29, 1.82) is 0 Å². The highest BCUT2D eigenvalue weighted by Crippen LogP contribution is 2.23. The molecule has 0 aliphatic carbocycles. The molecule has 164 valence electrons. The molecule has 3 aromatic heterocycles. The number of nitrogens with one attached hydrogen (secondary N) is 2. The lowest BCUT2D eigenvalue weighted by molar-refractivity contribution is 0.0952. The Bertz CT molecular complexity index is 1340. The Morgan fingerprint density at radius 3 is 2.62 bits per heavy atom. The number of benzene rings is 1. The number of amides is 1. The SMILES string of the molecule is Cc1cc(Cc2ccccc2)c(CNC(=O)c2ccnc3c2c(C)nn3C(C)C)c(=O)[nH]1. The molecule has 0 fully saturated rings. The number of hydrogen-bond donors (Lipinski definition) is 2. The second-order valence-electron chi connectivity index (χ2n) is 8.31. The highest BCUT2D eigenvalue weighted by molar-refractivity contribution is 6.06. The fourth-order valence-corrected chi connectivity index (χ4v) is 4.01. The maximum Gasteiger partial charge on any atom is 0.253 e. The van der Waals surface area contributed by atoms with E-state index in [-0.39, 0.29) is 24.1 Å². The summed E-state index contributed by atoms with van der Waals surface area (Å²) in [7, 11) is 0. The fourth-order valence-electron chi connectivity index (χ4n) is 4.01. The first-order valence-corrected chi connectivity index (χ1v) is 10.7. The van der Waals surface area contributed by atoms with Crippen LogP contribution in [0.25, 0.3) is 11.0 Å². The van der Waals surface area contributed by atoms with Gasteiger partial charge in [-0.05, 0) is 57.4 Å². The molecule has 2 N–H and O–H groups in total. The summed E-state index contributed by atoms with van der Waals surface area (Å²) in [6.45, 7) is 7.93. The number of aryl methyl sites for hydroxylation is 2. The van der Waals surface area contributed by atoms with Crippen molar-refractivity contribution >= 4 is 16.9 Å². The predicted octanol–water partition coefficient (Wildman–Crippen LogP) is 3.84. The smallest absolute Gasteiger partial charge is 0.253 e. The molecule has 0 atom stereocenters. The number of aromatic amines is 1. The van der Waals surface area contributed by atoms with Gasteiger partial charge in [-0.3, -0.25) is 9.59 Å². The van der Waals surface area contributed by atoms with Gasteiger partial charge in [-0.2, -0.15) is 5.10 Å². The van der Waals surface area contributed by atoms with Crippen LogP contribution in [0.5, 0.6) is 0 Å². The molecular formula is C25H27N5O2. The monoisotopic (exact) mass is 429 g/mol. The van der Waals surface area contributed by atoms with E-state index in [0.29, 0.717) is 23.2 Å². The van der Waals surface area contributed by atoms with Gasteiger partial charge in [0.15, 0.2) is 5.65 Å². The normalized spacial score (nSPS) is 11.3. The topological polar surface area (TPSA) is 92.7 Å². The molecule has 0 saturated heterocycles. The molecule has 32 heavy (non-hydrogen) atoms. The summed E-state index contributed by atoms with van der Waals surface area (Å²) in [6.07, 6.45) is 2.24. The molecule has 1 amide bonds. The average Bonchev–Trinajstić information content (AvgIpc) is 3.11. The molecule has 0 bridgehead atoms. The van der Waals surface area contributed by atoms with Crippen LogP contribution < -0.4 is 10.9 Å². The third-order valence-electron chi connectivity index (χ3n) is 5.53. The summed E-state index contributed by atoms with van der Waals surface area (Å²) in [6, 6.07) is 13.8. The van der Waals surface area contributed by atoms with Gasteiger partial charge in [0.1, 0.15) is 0 Å². The summed E-state index contributed by atoms with van der Waals surface area (Å²) in [5.74, 6) is -0.255. The van der Waals surface area contributed by atoms with Crippen LogP contribution in [0.15, 0.2) is 53.5 Å². The minimum absolute atomic E-state index is 0.128. The molecule has 7 nitrogen and oxygen atoms in total. The standard InChI is InChI=1S/C25H27N5O2/c1-15(2)30-23-22(17(4)29-30)20(10-11-26-23)24(31)27-14-21-19(12-16(3)28-25(21)32)13-18-8-6-5-7-9-18/h5-12,15H,13-14H2,1-4H3,(H,27,31)(H,28,32). The third kappa shape index (κ3) is 4.19. The van der Waals surface area contributed by atoms with E-state index in [0.717, 1.165) is 27.9 Å². The zero-order valence-corrected chi connectivity index (χ0v) is 18.8. The lowest BCUT2D eigenvalue weighted by Crippen LogP contribution is -2.28. The molecule has 4 rings (SSSR count). The van der Waals surface area contributed by atoms with Crippen molar-refractivity contribution in [2.45, 2.75) is 46.7 Å². The van der Waals surface area contributed by atoms with Gasteiger partial charge in [-0.25, -0.2) is 9.67 Å². The Morgan fingerprint density at radius 1 is 1.16 bits per heavy atom. The maximum atomic E-state index is 13.1. The van der Waals surface area contributed by atoms with Crippen molar-refractivity contribution in [2.75, 3.05) is 0 Å². The van der Waals surface area contributed by atoms with E-state index >= 15 is 0 Å². The summed E-state index contributed by atoms with van der Waals surface area (Å²) in [5, 5.41) is 8.23. The predicted molar refractivity (Wildman–Crippen MR) is 125 cm³/mol.